The quantitative estimate of drug-likeness (QED) is 0.836. The predicted molar refractivity (Wildman–Crippen MR) is 81.3 cm³/mol. The summed E-state index contributed by atoms with van der Waals surface area (Å²) in [5.41, 5.74) is 0.357. The number of aromatic nitrogens is 2. The first-order chi connectivity index (χ1) is 10.2. The number of hydrogen-bond acceptors (Lipinski definition) is 5. The highest BCUT2D eigenvalue weighted by Gasteiger charge is 2.22. The van der Waals surface area contributed by atoms with Gasteiger partial charge in [-0.15, -0.1) is 0 Å². The van der Waals surface area contributed by atoms with E-state index >= 15 is 0 Å². The van der Waals surface area contributed by atoms with Crippen LogP contribution in [0.5, 0.6) is 0 Å². The Bertz CT molecular complexity index is 443. The van der Waals surface area contributed by atoms with Gasteiger partial charge in [-0.1, -0.05) is 6.92 Å². The summed E-state index contributed by atoms with van der Waals surface area (Å²) >= 11 is 0. The van der Waals surface area contributed by atoms with Gasteiger partial charge >= 0.3 is 0 Å². The van der Waals surface area contributed by atoms with Gasteiger partial charge in [0.1, 0.15) is 11.5 Å². The molecule has 1 atom stereocenters. The molecule has 1 amide bonds. The average Bonchev–Trinajstić information content (AvgIpc) is 2.54. The molecule has 2 rings (SSSR count). The van der Waals surface area contributed by atoms with E-state index in [2.05, 4.69) is 27.5 Å². The number of rotatable bonds is 6. The molecule has 1 unspecified atom stereocenters. The lowest BCUT2D eigenvalue weighted by Gasteiger charge is -2.28. The van der Waals surface area contributed by atoms with Crippen molar-refractivity contribution in [2.45, 2.75) is 39.2 Å². The Kier molecular flexibility index (Phi) is 5.92. The van der Waals surface area contributed by atoms with Crippen molar-refractivity contribution in [2.24, 2.45) is 5.92 Å². The van der Waals surface area contributed by atoms with Crippen molar-refractivity contribution >= 4 is 11.7 Å². The van der Waals surface area contributed by atoms with E-state index in [0.29, 0.717) is 17.4 Å². The molecule has 0 aliphatic carbocycles. The van der Waals surface area contributed by atoms with E-state index in [1.807, 2.05) is 6.92 Å². The van der Waals surface area contributed by atoms with Crippen molar-refractivity contribution in [3.05, 3.63) is 18.1 Å². The molecule has 1 saturated heterocycles. The number of ether oxygens (including phenoxy) is 1. The zero-order valence-corrected chi connectivity index (χ0v) is 12.8. The summed E-state index contributed by atoms with van der Waals surface area (Å²) in [5, 5.41) is 6.14. The number of nitrogens with zero attached hydrogens (tertiary/aromatic N) is 2. The summed E-state index contributed by atoms with van der Waals surface area (Å²) in [6.07, 6.45) is 6.13. The van der Waals surface area contributed by atoms with Gasteiger partial charge in [-0.25, -0.2) is 9.97 Å². The zero-order chi connectivity index (χ0) is 15.1. The van der Waals surface area contributed by atoms with E-state index in [-0.39, 0.29) is 11.9 Å². The topological polar surface area (TPSA) is 76.1 Å². The molecule has 116 valence electrons. The highest BCUT2D eigenvalue weighted by Crippen LogP contribution is 2.18. The van der Waals surface area contributed by atoms with Crippen LogP contribution < -0.4 is 10.6 Å². The summed E-state index contributed by atoms with van der Waals surface area (Å²) in [5.74, 6) is 1.01. The Morgan fingerprint density at radius 2 is 2.14 bits per heavy atom. The van der Waals surface area contributed by atoms with Crippen LogP contribution in [0.1, 0.15) is 43.6 Å². The fourth-order valence-corrected chi connectivity index (χ4v) is 2.40. The molecule has 0 radical (unpaired) electrons. The highest BCUT2D eigenvalue weighted by atomic mass is 16.5. The largest absolute Gasteiger partial charge is 0.381 e. The van der Waals surface area contributed by atoms with Crippen LogP contribution in [-0.4, -0.2) is 41.7 Å². The molecule has 1 fully saturated rings. The molecule has 0 saturated carbocycles. The third-order valence-electron chi connectivity index (χ3n) is 3.77. The fraction of sp³-hybridized carbons (Fsp3) is 0.667. The number of carbonyl (C=O) groups is 1. The molecule has 1 aliphatic rings. The van der Waals surface area contributed by atoms with E-state index in [9.17, 15) is 4.79 Å². The molecule has 0 spiro atoms. The van der Waals surface area contributed by atoms with Crippen LogP contribution in [-0.2, 0) is 4.74 Å². The van der Waals surface area contributed by atoms with Gasteiger partial charge < -0.3 is 15.4 Å². The summed E-state index contributed by atoms with van der Waals surface area (Å²) in [6, 6.07) is 0.126. The Balaban J connectivity index is 1.87. The monoisotopic (exact) mass is 292 g/mol. The second-order valence-electron chi connectivity index (χ2n) is 5.43. The predicted octanol–water partition coefficient (Wildman–Crippen LogP) is 1.84. The van der Waals surface area contributed by atoms with Gasteiger partial charge in [0.05, 0.1) is 12.4 Å². The van der Waals surface area contributed by atoms with Crippen LogP contribution in [0.25, 0.3) is 0 Å². The van der Waals surface area contributed by atoms with Gasteiger partial charge in [-0.3, -0.25) is 4.79 Å². The van der Waals surface area contributed by atoms with Crippen LogP contribution in [0.15, 0.2) is 12.4 Å². The summed E-state index contributed by atoms with van der Waals surface area (Å²) in [6.45, 7) is 6.53. The molecule has 21 heavy (non-hydrogen) atoms. The third kappa shape index (κ3) is 4.67. The van der Waals surface area contributed by atoms with Crippen molar-refractivity contribution in [1.29, 1.82) is 0 Å². The molecule has 0 bridgehead atoms. The van der Waals surface area contributed by atoms with E-state index in [1.165, 1.54) is 6.20 Å². The van der Waals surface area contributed by atoms with Crippen LogP contribution in [0.2, 0.25) is 0 Å². The van der Waals surface area contributed by atoms with E-state index in [0.717, 1.165) is 39.0 Å². The first-order valence-corrected chi connectivity index (χ1v) is 7.65. The van der Waals surface area contributed by atoms with Gasteiger partial charge in [0, 0.05) is 25.8 Å². The summed E-state index contributed by atoms with van der Waals surface area (Å²) in [7, 11) is 0. The normalized spacial score (nSPS) is 17.2. The number of amides is 1. The zero-order valence-electron chi connectivity index (χ0n) is 12.8. The fourth-order valence-electron chi connectivity index (χ4n) is 2.40. The first-order valence-electron chi connectivity index (χ1n) is 7.65. The van der Waals surface area contributed by atoms with Crippen LogP contribution in [0, 0.1) is 5.92 Å². The lowest BCUT2D eigenvalue weighted by atomic mass is 9.93. The molecule has 6 heteroatoms. The van der Waals surface area contributed by atoms with Crippen molar-refractivity contribution in [2.75, 3.05) is 25.1 Å². The molecule has 1 aliphatic heterocycles. The van der Waals surface area contributed by atoms with E-state index < -0.39 is 0 Å². The molecule has 1 aromatic heterocycles. The van der Waals surface area contributed by atoms with Crippen molar-refractivity contribution in [3.63, 3.8) is 0 Å². The average molecular weight is 292 g/mol. The maximum absolute atomic E-state index is 12.2. The lowest BCUT2D eigenvalue weighted by molar-refractivity contribution is 0.0537. The molecular formula is C15H24N4O2. The molecule has 0 aromatic carbocycles. The maximum atomic E-state index is 12.2. The standard InChI is InChI=1S/C15H24N4O2/c1-3-6-16-14-10-17-13(9-18-14)15(20)19-11(2)12-4-7-21-8-5-12/h9-12H,3-8H2,1-2H3,(H,16,18)(H,19,20). The molecule has 2 N–H and O–H groups in total. The first kappa shape index (κ1) is 15.7. The number of carbonyl (C=O) groups excluding carboxylic acids is 1. The summed E-state index contributed by atoms with van der Waals surface area (Å²) in [4.78, 5) is 20.5. The minimum Gasteiger partial charge on any atom is -0.381 e. The summed E-state index contributed by atoms with van der Waals surface area (Å²) < 4.78 is 5.34. The number of nitrogens with one attached hydrogen (secondary N) is 2. The minimum atomic E-state index is -0.163. The van der Waals surface area contributed by atoms with Gasteiger partial charge in [-0.2, -0.15) is 0 Å². The van der Waals surface area contributed by atoms with Crippen LogP contribution in [0.3, 0.4) is 0 Å². The smallest absolute Gasteiger partial charge is 0.271 e. The van der Waals surface area contributed by atoms with Crippen molar-refractivity contribution in [1.82, 2.24) is 15.3 Å². The van der Waals surface area contributed by atoms with Gasteiger partial charge in [0.25, 0.3) is 5.91 Å². The maximum Gasteiger partial charge on any atom is 0.271 e. The van der Waals surface area contributed by atoms with Crippen molar-refractivity contribution < 1.29 is 9.53 Å². The molecule has 2 heterocycles. The Hall–Kier alpha value is -1.69. The van der Waals surface area contributed by atoms with E-state index in [4.69, 9.17) is 4.74 Å². The Morgan fingerprint density at radius 1 is 1.38 bits per heavy atom. The number of hydrogen-bond donors (Lipinski definition) is 2. The van der Waals surface area contributed by atoms with Crippen molar-refractivity contribution in [3.8, 4) is 0 Å². The molecule has 6 nitrogen and oxygen atoms in total. The lowest BCUT2D eigenvalue weighted by Crippen LogP contribution is -2.40. The molecule has 1 aromatic rings. The van der Waals surface area contributed by atoms with E-state index in [1.54, 1.807) is 6.20 Å². The second kappa shape index (κ2) is 7.93. The van der Waals surface area contributed by atoms with Crippen LogP contribution >= 0.6 is 0 Å². The molecular weight excluding hydrogens is 268 g/mol. The second-order valence-corrected chi connectivity index (χ2v) is 5.43. The number of anilines is 1. The van der Waals surface area contributed by atoms with Gasteiger partial charge in [0.15, 0.2) is 0 Å². The minimum absolute atomic E-state index is 0.126. The van der Waals surface area contributed by atoms with Gasteiger partial charge in [-0.05, 0) is 32.1 Å². The Labute approximate surface area is 125 Å². The Morgan fingerprint density at radius 3 is 2.76 bits per heavy atom. The highest BCUT2D eigenvalue weighted by molar-refractivity contribution is 5.92. The van der Waals surface area contributed by atoms with Gasteiger partial charge in [0.2, 0.25) is 0 Å². The van der Waals surface area contributed by atoms with Crippen LogP contribution in [0.4, 0.5) is 5.82 Å². The third-order valence-corrected chi connectivity index (χ3v) is 3.77. The SMILES string of the molecule is CCCNc1cnc(C(=O)NC(C)C2CCOCC2)cn1.